The first kappa shape index (κ1) is 23.0. The molecule has 0 radical (unpaired) electrons. The molecule has 3 aromatic carbocycles. The number of nitrogens with two attached hydrogens (primary N) is 1. The minimum atomic E-state index is 0.248. The fraction of sp³-hybridized carbons (Fsp3) is 0.250. The molecule has 0 saturated carbocycles. The lowest BCUT2D eigenvalue weighted by Crippen LogP contribution is -2.47. The van der Waals surface area contributed by atoms with Gasteiger partial charge < -0.3 is 11.1 Å². The van der Waals surface area contributed by atoms with Gasteiger partial charge in [-0.25, -0.2) is 0 Å². The maximum absolute atomic E-state index is 6.00. The van der Waals surface area contributed by atoms with E-state index in [2.05, 4.69) is 103 Å². The van der Waals surface area contributed by atoms with Crippen molar-refractivity contribution in [2.45, 2.75) is 19.1 Å². The number of anilines is 2. The Kier molecular flexibility index (Phi) is 7.27. The van der Waals surface area contributed by atoms with E-state index >= 15 is 0 Å². The molecule has 0 unspecified atom stereocenters. The molecule has 1 fully saturated rings. The maximum atomic E-state index is 6.00. The molecular weight excluding hydrogens is 434 g/mol. The third-order valence-electron chi connectivity index (χ3n) is 6.36. The molecule has 3 N–H and O–H groups in total. The monoisotopic (exact) mass is 465 g/mol. The lowest BCUT2D eigenvalue weighted by Gasteiger charge is -2.39. The van der Waals surface area contributed by atoms with Crippen molar-refractivity contribution in [3.8, 4) is 0 Å². The standard InChI is InChI=1S/C28H31N7/c29-27-31-25(32-28(33-27)30-20-22-10-4-1-5-11-22)21-34-16-18-35(19-17-34)26(23-12-6-2-7-13-23)24-14-8-3-9-15-24/h1-15,26H,16-21H2,(H3,29,30,31,32,33). The molecule has 1 aliphatic heterocycles. The summed E-state index contributed by atoms with van der Waals surface area (Å²) < 4.78 is 0. The molecule has 0 atom stereocenters. The van der Waals surface area contributed by atoms with E-state index in [9.17, 15) is 0 Å². The second-order valence-electron chi connectivity index (χ2n) is 8.81. The van der Waals surface area contributed by atoms with E-state index in [4.69, 9.17) is 5.73 Å². The van der Waals surface area contributed by atoms with Crippen LogP contribution in [0.15, 0.2) is 91.0 Å². The van der Waals surface area contributed by atoms with Crippen LogP contribution < -0.4 is 11.1 Å². The predicted octanol–water partition coefficient (Wildman–Crippen LogP) is 3.97. The van der Waals surface area contributed by atoms with E-state index in [1.54, 1.807) is 0 Å². The highest BCUT2D eigenvalue weighted by Gasteiger charge is 2.26. The first-order valence-electron chi connectivity index (χ1n) is 12.1. The molecule has 0 bridgehead atoms. The second-order valence-corrected chi connectivity index (χ2v) is 8.81. The van der Waals surface area contributed by atoms with Gasteiger partial charge in [0.25, 0.3) is 0 Å². The Balaban J connectivity index is 1.23. The second kappa shape index (κ2) is 11.1. The van der Waals surface area contributed by atoms with Gasteiger partial charge in [0.2, 0.25) is 11.9 Å². The van der Waals surface area contributed by atoms with Gasteiger partial charge in [-0.2, -0.15) is 15.0 Å². The number of hydrogen-bond acceptors (Lipinski definition) is 7. The van der Waals surface area contributed by atoms with Gasteiger partial charge in [0.15, 0.2) is 0 Å². The summed E-state index contributed by atoms with van der Waals surface area (Å²) in [4.78, 5) is 18.2. The smallest absolute Gasteiger partial charge is 0.228 e. The molecule has 0 aliphatic carbocycles. The average molecular weight is 466 g/mol. The average Bonchev–Trinajstić information content (AvgIpc) is 2.90. The topological polar surface area (TPSA) is 83.2 Å². The molecule has 178 valence electrons. The molecule has 1 saturated heterocycles. The van der Waals surface area contributed by atoms with Crippen LogP contribution in [0.2, 0.25) is 0 Å². The van der Waals surface area contributed by atoms with Crippen molar-refractivity contribution >= 4 is 11.9 Å². The number of benzene rings is 3. The quantitative estimate of drug-likeness (QED) is 0.407. The van der Waals surface area contributed by atoms with E-state index in [0.717, 1.165) is 31.7 Å². The zero-order chi connectivity index (χ0) is 23.9. The van der Waals surface area contributed by atoms with E-state index in [0.29, 0.717) is 24.9 Å². The summed E-state index contributed by atoms with van der Waals surface area (Å²) in [5.74, 6) is 1.46. The zero-order valence-electron chi connectivity index (χ0n) is 19.8. The van der Waals surface area contributed by atoms with E-state index in [1.165, 1.54) is 11.1 Å². The fourth-order valence-electron chi connectivity index (χ4n) is 4.63. The van der Waals surface area contributed by atoms with Crippen molar-refractivity contribution in [3.63, 3.8) is 0 Å². The summed E-state index contributed by atoms with van der Waals surface area (Å²) in [6, 6.07) is 32.0. The number of nitrogens with one attached hydrogen (secondary N) is 1. The normalized spacial score (nSPS) is 14.8. The fourth-order valence-corrected chi connectivity index (χ4v) is 4.63. The van der Waals surface area contributed by atoms with Gasteiger partial charge in [0.1, 0.15) is 5.82 Å². The van der Waals surface area contributed by atoms with Crippen molar-refractivity contribution in [2.24, 2.45) is 0 Å². The minimum Gasteiger partial charge on any atom is -0.368 e. The molecule has 35 heavy (non-hydrogen) atoms. The Morgan fingerprint density at radius 1 is 0.714 bits per heavy atom. The third kappa shape index (κ3) is 6.01. The van der Waals surface area contributed by atoms with Gasteiger partial charge in [-0.1, -0.05) is 91.0 Å². The van der Waals surface area contributed by atoms with Gasteiger partial charge in [-0.05, 0) is 16.7 Å². The van der Waals surface area contributed by atoms with E-state index in [1.807, 2.05) is 18.2 Å². The predicted molar refractivity (Wildman–Crippen MR) is 140 cm³/mol. The van der Waals surface area contributed by atoms with E-state index < -0.39 is 0 Å². The Morgan fingerprint density at radius 2 is 1.29 bits per heavy atom. The highest BCUT2D eigenvalue weighted by atomic mass is 15.3. The summed E-state index contributed by atoms with van der Waals surface area (Å²) in [5, 5.41) is 3.27. The highest BCUT2D eigenvalue weighted by Crippen LogP contribution is 2.29. The van der Waals surface area contributed by atoms with Crippen LogP contribution in [-0.4, -0.2) is 50.9 Å². The molecule has 1 aromatic heterocycles. The molecule has 0 spiro atoms. The van der Waals surface area contributed by atoms with Gasteiger partial charge in [0.05, 0.1) is 12.6 Å². The van der Waals surface area contributed by atoms with Crippen LogP contribution in [0.4, 0.5) is 11.9 Å². The van der Waals surface area contributed by atoms with Gasteiger partial charge in [0, 0.05) is 32.7 Å². The van der Waals surface area contributed by atoms with Crippen molar-refractivity contribution < 1.29 is 0 Å². The lowest BCUT2D eigenvalue weighted by atomic mass is 9.96. The lowest BCUT2D eigenvalue weighted by molar-refractivity contribution is 0.103. The van der Waals surface area contributed by atoms with Gasteiger partial charge in [-0.3, -0.25) is 9.80 Å². The zero-order valence-corrected chi connectivity index (χ0v) is 19.8. The number of piperazine rings is 1. The van der Waals surface area contributed by atoms with Crippen molar-refractivity contribution in [2.75, 3.05) is 37.2 Å². The molecule has 2 heterocycles. The van der Waals surface area contributed by atoms with Crippen molar-refractivity contribution in [3.05, 3.63) is 114 Å². The number of hydrogen-bond donors (Lipinski definition) is 2. The molecule has 7 nitrogen and oxygen atoms in total. The summed E-state index contributed by atoms with van der Waals surface area (Å²) in [6.07, 6.45) is 0. The van der Waals surface area contributed by atoms with Crippen LogP contribution in [0.3, 0.4) is 0 Å². The van der Waals surface area contributed by atoms with Crippen LogP contribution >= 0.6 is 0 Å². The third-order valence-corrected chi connectivity index (χ3v) is 6.36. The molecule has 5 rings (SSSR count). The summed E-state index contributed by atoms with van der Waals surface area (Å²) in [7, 11) is 0. The summed E-state index contributed by atoms with van der Waals surface area (Å²) >= 11 is 0. The first-order valence-corrected chi connectivity index (χ1v) is 12.1. The molecule has 1 aliphatic rings. The summed E-state index contributed by atoms with van der Waals surface area (Å²) in [6.45, 7) is 5.11. The largest absolute Gasteiger partial charge is 0.368 e. The van der Waals surface area contributed by atoms with Crippen LogP contribution in [0.1, 0.15) is 28.6 Å². The molecule has 4 aromatic rings. The van der Waals surface area contributed by atoms with Crippen LogP contribution in [0.5, 0.6) is 0 Å². The first-order chi connectivity index (χ1) is 17.2. The van der Waals surface area contributed by atoms with Crippen LogP contribution in [0.25, 0.3) is 0 Å². The van der Waals surface area contributed by atoms with Gasteiger partial charge in [-0.15, -0.1) is 0 Å². The van der Waals surface area contributed by atoms with Crippen LogP contribution in [-0.2, 0) is 13.1 Å². The SMILES string of the molecule is Nc1nc(CN2CCN(C(c3ccccc3)c3ccccc3)CC2)nc(NCc2ccccc2)n1. The number of rotatable bonds is 8. The van der Waals surface area contributed by atoms with Crippen molar-refractivity contribution in [1.29, 1.82) is 0 Å². The van der Waals surface area contributed by atoms with E-state index in [-0.39, 0.29) is 12.0 Å². The number of nitrogen functional groups attached to an aromatic ring is 1. The summed E-state index contributed by atoms with van der Waals surface area (Å²) in [5.41, 5.74) is 9.81. The number of aromatic nitrogens is 3. The molecule has 7 heteroatoms. The Bertz CT molecular complexity index is 1150. The Labute approximate surface area is 206 Å². The number of nitrogens with zero attached hydrogens (tertiary/aromatic N) is 5. The Morgan fingerprint density at radius 3 is 1.89 bits per heavy atom. The molecule has 0 amide bonds. The Hall–Kier alpha value is -3.81. The minimum absolute atomic E-state index is 0.248. The van der Waals surface area contributed by atoms with Crippen LogP contribution in [0, 0.1) is 0 Å². The van der Waals surface area contributed by atoms with Gasteiger partial charge >= 0.3 is 0 Å². The molecular formula is C28H31N7. The maximum Gasteiger partial charge on any atom is 0.228 e. The highest BCUT2D eigenvalue weighted by molar-refractivity contribution is 5.33. The van der Waals surface area contributed by atoms with Crippen molar-refractivity contribution in [1.82, 2.24) is 24.8 Å².